The number of rotatable bonds is 9. The quantitative estimate of drug-likeness (QED) is 0.596. The number of hydrogen-bond donors (Lipinski definition) is 0. The molecule has 0 aliphatic heterocycles. The van der Waals surface area contributed by atoms with Crippen molar-refractivity contribution >= 4 is 11.9 Å². The molecule has 0 saturated carbocycles. The molecule has 106 valence electrons. The van der Waals surface area contributed by atoms with Gasteiger partial charge in [0.25, 0.3) is 0 Å². The number of amides is 1. The second-order valence-corrected chi connectivity index (χ2v) is 4.69. The molecule has 0 bridgehead atoms. The smallest absolute Gasteiger partial charge is 0.305 e. The number of carbonyl (C=O) groups excluding carboxylic acids is 2. The number of methoxy groups -OCH3 is 1. The Morgan fingerprint density at radius 2 is 1.89 bits per heavy atom. The summed E-state index contributed by atoms with van der Waals surface area (Å²) in [7, 11) is 3.20. The molecule has 0 fully saturated rings. The highest BCUT2D eigenvalue weighted by Crippen LogP contribution is 2.15. The van der Waals surface area contributed by atoms with Crippen LogP contribution in [0.4, 0.5) is 0 Å². The molecule has 0 aromatic heterocycles. The molecule has 0 heterocycles. The molecule has 0 aromatic rings. The van der Waals surface area contributed by atoms with Gasteiger partial charge in [-0.3, -0.25) is 9.59 Å². The van der Waals surface area contributed by atoms with Crippen molar-refractivity contribution in [1.29, 1.82) is 0 Å². The molecule has 1 amide bonds. The van der Waals surface area contributed by atoms with E-state index >= 15 is 0 Å². The van der Waals surface area contributed by atoms with E-state index in [0.717, 1.165) is 25.7 Å². The Kier molecular flexibility index (Phi) is 9.33. The lowest BCUT2D eigenvalue weighted by Crippen LogP contribution is -2.33. The van der Waals surface area contributed by atoms with E-state index in [0.29, 0.717) is 19.4 Å². The lowest BCUT2D eigenvalue weighted by Gasteiger charge is -2.22. The highest BCUT2D eigenvalue weighted by Gasteiger charge is 2.19. The van der Waals surface area contributed by atoms with Gasteiger partial charge in [0.2, 0.25) is 5.91 Å². The second kappa shape index (κ2) is 9.92. The van der Waals surface area contributed by atoms with Crippen molar-refractivity contribution in [3.63, 3.8) is 0 Å². The number of hydrogen-bond acceptors (Lipinski definition) is 3. The van der Waals surface area contributed by atoms with Crippen LogP contribution in [-0.4, -0.2) is 37.5 Å². The fraction of sp³-hybridized carbons (Fsp3) is 0.857. The van der Waals surface area contributed by atoms with Crippen molar-refractivity contribution < 1.29 is 14.3 Å². The number of carbonyl (C=O) groups is 2. The van der Waals surface area contributed by atoms with Crippen LogP contribution in [0.5, 0.6) is 0 Å². The van der Waals surface area contributed by atoms with Crippen LogP contribution >= 0.6 is 0 Å². The van der Waals surface area contributed by atoms with Crippen LogP contribution in [-0.2, 0) is 14.3 Å². The van der Waals surface area contributed by atoms with Crippen molar-refractivity contribution in [2.45, 2.75) is 52.4 Å². The van der Waals surface area contributed by atoms with E-state index in [1.807, 2.05) is 7.05 Å². The van der Waals surface area contributed by atoms with Gasteiger partial charge in [-0.1, -0.05) is 26.7 Å². The van der Waals surface area contributed by atoms with Crippen LogP contribution in [0.15, 0.2) is 0 Å². The summed E-state index contributed by atoms with van der Waals surface area (Å²) in [5, 5.41) is 0. The molecule has 0 aromatic carbocycles. The molecular formula is C14H27NO3. The van der Waals surface area contributed by atoms with E-state index in [-0.39, 0.29) is 17.8 Å². The number of nitrogens with zero attached hydrogens (tertiary/aromatic N) is 1. The Hall–Kier alpha value is -1.06. The van der Waals surface area contributed by atoms with Crippen LogP contribution < -0.4 is 0 Å². The van der Waals surface area contributed by atoms with Crippen LogP contribution in [0, 0.1) is 5.92 Å². The SMILES string of the molecule is CCCCC(CC)C(=O)N(C)CCCC(=O)OC. The fourth-order valence-corrected chi connectivity index (χ4v) is 1.94. The maximum atomic E-state index is 12.1. The molecule has 0 aliphatic carbocycles. The molecule has 0 spiro atoms. The summed E-state index contributed by atoms with van der Waals surface area (Å²) in [5.74, 6) is 0.123. The van der Waals surface area contributed by atoms with E-state index < -0.39 is 0 Å². The van der Waals surface area contributed by atoms with Gasteiger partial charge in [-0.15, -0.1) is 0 Å². The van der Waals surface area contributed by atoms with Gasteiger partial charge in [-0.25, -0.2) is 0 Å². The van der Waals surface area contributed by atoms with Crippen LogP contribution in [0.25, 0.3) is 0 Å². The van der Waals surface area contributed by atoms with E-state index in [4.69, 9.17) is 0 Å². The van der Waals surface area contributed by atoms with Crippen LogP contribution in [0.3, 0.4) is 0 Å². The zero-order chi connectivity index (χ0) is 14.0. The minimum atomic E-state index is -0.214. The number of unbranched alkanes of at least 4 members (excludes halogenated alkanes) is 1. The number of ether oxygens (including phenoxy) is 1. The van der Waals surface area contributed by atoms with Crippen LogP contribution in [0.2, 0.25) is 0 Å². The summed E-state index contributed by atoms with van der Waals surface area (Å²) in [6, 6.07) is 0. The first-order valence-corrected chi connectivity index (χ1v) is 6.88. The Bertz CT molecular complexity index is 253. The van der Waals surface area contributed by atoms with Gasteiger partial charge in [0, 0.05) is 25.9 Å². The van der Waals surface area contributed by atoms with Gasteiger partial charge in [0.05, 0.1) is 7.11 Å². The molecule has 4 heteroatoms. The van der Waals surface area contributed by atoms with Crippen molar-refractivity contribution in [2.75, 3.05) is 20.7 Å². The third-order valence-corrected chi connectivity index (χ3v) is 3.23. The summed E-state index contributed by atoms with van der Waals surface area (Å²) in [4.78, 5) is 24.8. The topological polar surface area (TPSA) is 46.6 Å². The maximum Gasteiger partial charge on any atom is 0.305 e. The predicted octanol–water partition coefficient (Wildman–Crippen LogP) is 2.61. The van der Waals surface area contributed by atoms with Gasteiger partial charge in [0.1, 0.15) is 0 Å². The van der Waals surface area contributed by atoms with Crippen molar-refractivity contribution in [3.8, 4) is 0 Å². The first-order valence-electron chi connectivity index (χ1n) is 6.88. The molecule has 0 N–H and O–H groups in total. The third kappa shape index (κ3) is 6.62. The highest BCUT2D eigenvalue weighted by atomic mass is 16.5. The molecule has 0 saturated heterocycles. The predicted molar refractivity (Wildman–Crippen MR) is 72.2 cm³/mol. The second-order valence-electron chi connectivity index (χ2n) is 4.69. The lowest BCUT2D eigenvalue weighted by molar-refractivity contribution is -0.141. The van der Waals surface area contributed by atoms with E-state index in [1.54, 1.807) is 4.90 Å². The largest absolute Gasteiger partial charge is 0.469 e. The zero-order valence-corrected chi connectivity index (χ0v) is 12.2. The van der Waals surface area contributed by atoms with Gasteiger partial charge in [0.15, 0.2) is 0 Å². The first kappa shape index (κ1) is 16.9. The van der Waals surface area contributed by atoms with Gasteiger partial charge >= 0.3 is 5.97 Å². The van der Waals surface area contributed by atoms with E-state index in [2.05, 4.69) is 18.6 Å². The van der Waals surface area contributed by atoms with Crippen LogP contribution in [0.1, 0.15) is 52.4 Å². The third-order valence-electron chi connectivity index (χ3n) is 3.23. The molecule has 4 nitrogen and oxygen atoms in total. The summed E-state index contributed by atoms with van der Waals surface area (Å²) in [6.45, 7) is 4.81. The summed E-state index contributed by atoms with van der Waals surface area (Å²) in [6.07, 6.45) is 5.11. The molecule has 0 radical (unpaired) electrons. The molecule has 0 rings (SSSR count). The Morgan fingerprint density at radius 1 is 1.22 bits per heavy atom. The summed E-state index contributed by atoms with van der Waals surface area (Å²) >= 11 is 0. The monoisotopic (exact) mass is 257 g/mol. The maximum absolute atomic E-state index is 12.1. The normalized spacial score (nSPS) is 12.0. The van der Waals surface area contributed by atoms with Crippen molar-refractivity contribution in [3.05, 3.63) is 0 Å². The first-order chi connectivity index (χ1) is 8.56. The van der Waals surface area contributed by atoms with E-state index in [9.17, 15) is 9.59 Å². The summed E-state index contributed by atoms with van der Waals surface area (Å²) < 4.78 is 4.57. The Labute approximate surface area is 111 Å². The Morgan fingerprint density at radius 3 is 2.39 bits per heavy atom. The molecule has 18 heavy (non-hydrogen) atoms. The van der Waals surface area contributed by atoms with Crippen molar-refractivity contribution in [2.24, 2.45) is 5.92 Å². The fourth-order valence-electron chi connectivity index (χ4n) is 1.94. The average molecular weight is 257 g/mol. The standard InChI is InChI=1S/C14H27NO3/c1-5-7-9-12(6-2)14(17)15(3)11-8-10-13(16)18-4/h12H,5-11H2,1-4H3. The molecule has 1 atom stereocenters. The summed E-state index contributed by atoms with van der Waals surface area (Å²) in [5.41, 5.74) is 0. The van der Waals surface area contributed by atoms with Crippen molar-refractivity contribution in [1.82, 2.24) is 4.90 Å². The highest BCUT2D eigenvalue weighted by molar-refractivity contribution is 5.78. The molecule has 1 unspecified atom stereocenters. The van der Waals surface area contributed by atoms with E-state index in [1.165, 1.54) is 7.11 Å². The van der Waals surface area contributed by atoms with Gasteiger partial charge < -0.3 is 9.64 Å². The van der Waals surface area contributed by atoms with Gasteiger partial charge in [-0.05, 0) is 19.3 Å². The Balaban J connectivity index is 4.02. The lowest BCUT2D eigenvalue weighted by atomic mass is 9.98. The minimum Gasteiger partial charge on any atom is -0.469 e. The van der Waals surface area contributed by atoms with Gasteiger partial charge in [-0.2, -0.15) is 0 Å². The number of esters is 1. The molecular weight excluding hydrogens is 230 g/mol. The minimum absolute atomic E-state index is 0.132. The molecule has 0 aliphatic rings. The average Bonchev–Trinajstić information content (AvgIpc) is 2.38. The zero-order valence-electron chi connectivity index (χ0n) is 12.2.